The second kappa shape index (κ2) is 13.3. The summed E-state index contributed by atoms with van der Waals surface area (Å²) in [5.41, 5.74) is 4.85. The molecule has 3 rings (SSSR count). The molecule has 5 heteroatoms. The van der Waals surface area contributed by atoms with Gasteiger partial charge in [-0.2, -0.15) is 0 Å². The summed E-state index contributed by atoms with van der Waals surface area (Å²) in [5, 5.41) is 10.6. The van der Waals surface area contributed by atoms with Crippen LogP contribution in [0.2, 0.25) is 0 Å². The van der Waals surface area contributed by atoms with E-state index in [0.717, 1.165) is 35.0 Å². The van der Waals surface area contributed by atoms with Gasteiger partial charge in [0.15, 0.2) is 5.78 Å². The average Bonchev–Trinajstić information content (AvgIpc) is 2.78. The zero-order valence-corrected chi connectivity index (χ0v) is 25.6. The molecule has 0 amide bonds. The van der Waals surface area contributed by atoms with Crippen molar-refractivity contribution in [1.82, 2.24) is 9.97 Å². The predicted molar refractivity (Wildman–Crippen MR) is 146 cm³/mol. The first-order valence-corrected chi connectivity index (χ1v) is 12.5. The second-order valence-electron chi connectivity index (χ2n) is 11.2. The zero-order chi connectivity index (χ0) is 26.4. The molecule has 4 nitrogen and oxygen atoms in total. The summed E-state index contributed by atoms with van der Waals surface area (Å²) in [5.74, 6) is 0.712. The largest absolute Gasteiger partial charge is 0.512 e. The van der Waals surface area contributed by atoms with Crippen molar-refractivity contribution in [3.05, 3.63) is 71.8 Å². The van der Waals surface area contributed by atoms with E-state index in [1.54, 1.807) is 6.20 Å². The van der Waals surface area contributed by atoms with Crippen LogP contribution in [0, 0.1) is 23.8 Å². The Hall–Kier alpha value is -2.36. The number of hydrogen-bond acceptors (Lipinski definition) is 4. The first kappa shape index (κ1) is 31.7. The van der Waals surface area contributed by atoms with E-state index in [2.05, 4.69) is 56.1 Å². The molecule has 0 aliphatic carbocycles. The van der Waals surface area contributed by atoms with Crippen LogP contribution in [-0.2, 0) is 24.9 Å². The molecule has 0 aliphatic heterocycles. The normalized spacial score (nSPS) is 12.1. The molecule has 0 aliphatic rings. The maximum atomic E-state index is 11.5. The topological polar surface area (TPSA) is 63.1 Å². The number of allylic oxidation sites excluding steroid dienone is 2. The zero-order valence-electron chi connectivity index (χ0n) is 23.2. The summed E-state index contributed by atoms with van der Waals surface area (Å²) in [7, 11) is 0. The molecule has 0 saturated heterocycles. The minimum atomic E-state index is -0.417. The Morgan fingerprint density at radius 1 is 1.03 bits per heavy atom. The summed E-state index contributed by atoms with van der Waals surface area (Å²) in [6.07, 6.45) is 7.29. The monoisotopic (exact) mass is 666 g/mol. The van der Waals surface area contributed by atoms with Crippen molar-refractivity contribution in [2.75, 3.05) is 0 Å². The van der Waals surface area contributed by atoms with Crippen molar-refractivity contribution >= 4 is 16.7 Å². The van der Waals surface area contributed by atoms with E-state index in [1.165, 1.54) is 17.2 Å². The van der Waals surface area contributed by atoms with Gasteiger partial charge < -0.3 is 5.11 Å². The number of carbonyl (C=O) groups is 1. The van der Waals surface area contributed by atoms with Crippen molar-refractivity contribution in [3.8, 4) is 11.3 Å². The summed E-state index contributed by atoms with van der Waals surface area (Å²) < 4.78 is 0. The van der Waals surface area contributed by atoms with Crippen LogP contribution >= 0.6 is 0 Å². The number of aryl methyl sites for hydroxylation is 1. The molecule has 36 heavy (non-hydrogen) atoms. The molecule has 0 saturated carbocycles. The van der Waals surface area contributed by atoms with Gasteiger partial charge in [-0.3, -0.25) is 14.8 Å². The van der Waals surface area contributed by atoms with Crippen LogP contribution in [-0.4, -0.2) is 20.9 Å². The molecule has 197 valence electrons. The van der Waals surface area contributed by atoms with Gasteiger partial charge in [0, 0.05) is 54.8 Å². The number of pyridine rings is 2. The van der Waals surface area contributed by atoms with Crippen molar-refractivity contribution in [3.63, 3.8) is 0 Å². The smallest absolute Gasteiger partial charge is 0.164 e. The Bertz CT molecular complexity index is 1180. The van der Waals surface area contributed by atoms with Gasteiger partial charge in [-0.25, -0.2) is 0 Å². The van der Waals surface area contributed by atoms with Crippen LogP contribution in [0.1, 0.15) is 85.3 Å². The summed E-state index contributed by atoms with van der Waals surface area (Å²) in [4.78, 5) is 20.4. The van der Waals surface area contributed by atoms with Crippen LogP contribution in [0.25, 0.3) is 22.2 Å². The Labute approximate surface area is 231 Å². The maximum Gasteiger partial charge on any atom is 0.164 e. The molecule has 3 aromatic rings. The first-order chi connectivity index (χ1) is 16.3. The minimum Gasteiger partial charge on any atom is -0.512 e. The van der Waals surface area contributed by atoms with Crippen LogP contribution in [0.5, 0.6) is 0 Å². The van der Waals surface area contributed by atoms with Gasteiger partial charge in [-0.1, -0.05) is 87.3 Å². The van der Waals surface area contributed by atoms with E-state index in [4.69, 9.17) is 4.98 Å². The number of ketones is 1. The van der Waals surface area contributed by atoms with E-state index >= 15 is 0 Å². The summed E-state index contributed by atoms with van der Waals surface area (Å²) >= 11 is 0. The number of rotatable bonds is 5. The Morgan fingerprint density at radius 3 is 2.22 bits per heavy atom. The van der Waals surface area contributed by atoms with Crippen molar-refractivity contribution in [1.29, 1.82) is 0 Å². The number of hydrogen-bond donors (Lipinski definition) is 1. The Kier molecular flexibility index (Phi) is 11.7. The van der Waals surface area contributed by atoms with Crippen molar-refractivity contribution in [2.24, 2.45) is 10.8 Å². The molecule has 0 atom stereocenters. The molecular weight excluding hydrogens is 625 g/mol. The third kappa shape index (κ3) is 8.94. The van der Waals surface area contributed by atoms with Crippen LogP contribution in [0.4, 0.5) is 0 Å². The molecular formula is C31H41IrN2O2-. The molecule has 0 bridgehead atoms. The average molecular weight is 666 g/mol. The number of benzene rings is 1. The van der Waals surface area contributed by atoms with E-state index in [-0.39, 0.29) is 37.1 Å². The number of aliphatic hydroxyl groups is 1. The molecule has 1 N–H and O–H groups in total. The number of aromatic nitrogens is 2. The Balaban J connectivity index is 0.000000402. The summed E-state index contributed by atoms with van der Waals surface area (Å²) in [6.45, 7) is 17.7. The fraction of sp³-hybridized carbons (Fsp3) is 0.452. The first-order valence-electron chi connectivity index (χ1n) is 12.5. The van der Waals surface area contributed by atoms with E-state index in [9.17, 15) is 9.90 Å². The van der Waals surface area contributed by atoms with E-state index in [1.807, 2.05) is 53.8 Å². The maximum absolute atomic E-state index is 11.5. The molecule has 0 spiro atoms. The van der Waals surface area contributed by atoms with Gasteiger partial charge in [0.2, 0.25) is 0 Å². The van der Waals surface area contributed by atoms with Crippen LogP contribution in [0.15, 0.2) is 54.6 Å². The Morgan fingerprint density at radius 2 is 1.67 bits per heavy atom. The minimum absolute atomic E-state index is 0. The number of carbonyl (C=O) groups excluding carboxylic acids is 1. The fourth-order valence-corrected chi connectivity index (χ4v) is 3.55. The van der Waals surface area contributed by atoms with Crippen molar-refractivity contribution in [2.45, 2.75) is 81.1 Å². The van der Waals surface area contributed by atoms with E-state index in [0.29, 0.717) is 5.92 Å². The SMILES string of the molecule is CC(C)(C)C(=O)/C=C(\O)C(C)(C)C.CCC(CC)c1cc(C)[c-]c(-c2ccc3cnccc3n2)c1.[Ir]. The van der Waals surface area contributed by atoms with Gasteiger partial charge in [-0.15, -0.1) is 34.9 Å². The third-order valence-electron chi connectivity index (χ3n) is 6.02. The molecule has 0 fully saturated rings. The van der Waals surface area contributed by atoms with Gasteiger partial charge >= 0.3 is 0 Å². The number of aliphatic hydroxyl groups excluding tert-OH is 1. The number of fused-ring (bicyclic) bond motifs is 1. The molecule has 0 unspecified atom stereocenters. The molecule has 2 heterocycles. The number of nitrogens with zero attached hydrogens (tertiary/aromatic N) is 2. The van der Waals surface area contributed by atoms with Gasteiger partial charge in [0.05, 0.1) is 5.52 Å². The standard InChI is InChI=1S/C20H21N2.C11H20O2.Ir/c1-4-15(5-2)17-10-14(3)11-18(12-17)19-7-6-16-13-21-9-8-20(16)22-19;1-10(2,3)8(12)7-9(13)11(4,5)6;/h6-10,12-13,15H,4-5H2,1-3H3;7,12H,1-6H3;/q-1;;/b;8-7-;. The van der Waals surface area contributed by atoms with Crippen molar-refractivity contribution < 1.29 is 30.0 Å². The quantitative estimate of drug-likeness (QED) is 0.169. The summed E-state index contributed by atoms with van der Waals surface area (Å²) in [6, 6.07) is 14.1. The predicted octanol–water partition coefficient (Wildman–Crippen LogP) is 8.40. The van der Waals surface area contributed by atoms with Gasteiger partial charge in [0.25, 0.3) is 0 Å². The van der Waals surface area contributed by atoms with Crippen LogP contribution < -0.4 is 0 Å². The van der Waals surface area contributed by atoms with Gasteiger partial charge in [0.1, 0.15) is 5.76 Å². The second-order valence-corrected chi connectivity index (χ2v) is 11.2. The molecule has 1 radical (unpaired) electrons. The fourth-order valence-electron chi connectivity index (χ4n) is 3.55. The van der Waals surface area contributed by atoms with Gasteiger partial charge in [-0.05, 0) is 17.7 Å². The molecule has 2 aromatic heterocycles. The third-order valence-corrected chi connectivity index (χ3v) is 6.02. The molecule has 1 aromatic carbocycles. The van der Waals surface area contributed by atoms with Crippen LogP contribution in [0.3, 0.4) is 0 Å². The van der Waals surface area contributed by atoms with E-state index < -0.39 is 5.41 Å².